The van der Waals surface area contributed by atoms with Gasteiger partial charge in [0.25, 0.3) is 0 Å². The molecule has 0 saturated carbocycles. The van der Waals surface area contributed by atoms with Gasteiger partial charge in [0.2, 0.25) is 0 Å². The maximum Gasteiger partial charge on any atom is 0.338 e. The van der Waals surface area contributed by atoms with Crippen LogP contribution in [0.4, 0.5) is 0 Å². The molecule has 2 atom stereocenters. The van der Waals surface area contributed by atoms with Gasteiger partial charge in [-0.2, -0.15) is 0 Å². The first-order valence-corrected chi connectivity index (χ1v) is 4.12. The average Bonchev–Trinajstić information content (AvgIpc) is 2.34. The predicted octanol–water partition coefficient (Wildman–Crippen LogP) is 0.655. The molecule has 1 aliphatic rings. The highest BCUT2D eigenvalue weighted by atomic mass is 16.6. The molecule has 0 spiro atoms. The van der Waals surface area contributed by atoms with Crippen LogP contribution in [0, 0.1) is 0 Å². The summed E-state index contributed by atoms with van der Waals surface area (Å²) in [6, 6.07) is 0. The zero-order chi connectivity index (χ0) is 9.19. The molecule has 0 aromatic carbocycles. The van der Waals surface area contributed by atoms with E-state index in [0.29, 0.717) is 19.6 Å². The van der Waals surface area contributed by atoms with Crippen molar-refractivity contribution < 1.29 is 19.4 Å². The van der Waals surface area contributed by atoms with Gasteiger partial charge in [0.05, 0.1) is 12.7 Å². The Morgan fingerprint density at radius 2 is 2.50 bits per heavy atom. The largest absolute Gasteiger partial charge is 0.479 e. The van der Waals surface area contributed by atoms with Gasteiger partial charge in [-0.25, -0.2) is 4.79 Å². The van der Waals surface area contributed by atoms with Crippen LogP contribution in [-0.2, 0) is 14.3 Å². The van der Waals surface area contributed by atoms with E-state index in [9.17, 15) is 4.79 Å². The first kappa shape index (κ1) is 9.48. The summed E-state index contributed by atoms with van der Waals surface area (Å²) in [6.45, 7) is 4.39. The fraction of sp³-hybridized carbons (Fsp3) is 0.875. The molecule has 0 amide bonds. The molecule has 1 heterocycles. The number of hydrogen-bond donors (Lipinski definition) is 1. The zero-order valence-corrected chi connectivity index (χ0v) is 7.37. The van der Waals surface area contributed by atoms with Crippen molar-refractivity contribution in [2.45, 2.75) is 32.0 Å². The van der Waals surface area contributed by atoms with Crippen molar-refractivity contribution in [2.75, 3.05) is 13.2 Å². The number of ether oxygens (including phenoxy) is 2. The SMILES string of the molecule is CCOC1(C(=O)O)CCOC1C. The molecule has 70 valence electrons. The number of carboxylic acid groups (broad SMARTS) is 1. The second kappa shape index (κ2) is 3.41. The van der Waals surface area contributed by atoms with E-state index in [4.69, 9.17) is 14.6 Å². The number of carboxylic acids is 1. The summed E-state index contributed by atoms with van der Waals surface area (Å²) in [5.41, 5.74) is -1.10. The van der Waals surface area contributed by atoms with E-state index in [1.54, 1.807) is 13.8 Å². The maximum atomic E-state index is 10.9. The van der Waals surface area contributed by atoms with Crippen LogP contribution in [0.3, 0.4) is 0 Å². The Labute approximate surface area is 71.5 Å². The molecule has 12 heavy (non-hydrogen) atoms. The first-order valence-electron chi connectivity index (χ1n) is 4.12. The molecule has 1 saturated heterocycles. The van der Waals surface area contributed by atoms with E-state index in [0.717, 1.165) is 0 Å². The Kier molecular flexibility index (Phi) is 2.69. The van der Waals surface area contributed by atoms with Crippen LogP contribution in [0.5, 0.6) is 0 Å². The minimum absolute atomic E-state index is 0.352. The molecule has 0 bridgehead atoms. The lowest BCUT2D eigenvalue weighted by Crippen LogP contribution is -2.47. The summed E-state index contributed by atoms with van der Waals surface area (Å²) in [7, 11) is 0. The van der Waals surface area contributed by atoms with Crippen molar-refractivity contribution in [2.24, 2.45) is 0 Å². The highest BCUT2D eigenvalue weighted by Gasteiger charge is 2.49. The van der Waals surface area contributed by atoms with Gasteiger partial charge in [0.1, 0.15) is 0 Å². The van der Waals surface area contributed by atoms with Crippen LogP contribution in [0.1, 0.15) is 20.3 Å². The number of rotatable bonds is 3. The van der Waals surface area contributed by atoms with Gasteiger partial charge in [-0.1, -0.05) is 0 Å². The zero-order valence-electron chi connectivity index (χ0n) is 7.37. The van der Waals surface area contributed by atoms with Crippen LogP contribution in [-0.4, -0.2) is 36.0 Å². The summed E-state index contributed by atoms with van der Waals surface area (Å²) in [6.07, 6.45) is 0.0899. The van der Waals surface area contributed by atoms with Gasteiger partial charge in [-0.05, 0) is 13.8 Å². The van der Waals surface area contributed by atoms with E-state index in [-0.39, 0.29) is 6.10 Å². The van der Waals surface area contributed by atoms with Gasteiger partial charge < -0.3 is 14.6 Å². The van der Waals surface area contributed by atoms with Crippen LogP contribution >= 0.6 is 0 Å². The standard InChI is InChI=1S/C8H14O4/c1-3-12-8(7(9)10)4-5-11-6(8)2/h6H,3-5H2,1-2H3,(H,9,10). The summed E-state index contributed by atoms with van der Waals surface area (Å²) < 4.78 is 10.4. The van der Waals surface area contributed by atoms with E-state index < -0.39 is 11.6 Å². The van der Waals surface area contributed by atoms with Gasteiger partial charge in [-0.15, -0.1) is 0 Å². The van der Waals surface area contributed by atoms with Crippen LogP contribution in [0.2, 0.25) is 0 Å². The Morgan fingerprint density at radius 1 is 1.83 bits per heavy atom. The van der Waals surface area contributed by atoms with E-state index in [2.05, 4.69) is 0 Å². The van der Waals surface area contributed by atoms with Crippen molar-refractivity contribution in [1.29, 1.82) is 0 Å². The summed E-state index contributed by atoms with van der Waals surface area (Å²) in [4.78, 5) is 10.9. The van der Waals surface area contributed by atoms with E-state index in [1.165, 1.54) is 0 Å². The lowest BCUT2D eigenvalue weighted by molar-refractivity contribution is -0.171. The summed E-state index contributed by atoms with van der Waals surface area (Å²) >= 11 is 0. The Bertz CT molecular complexity index is 180. The smallest absolute Gasteiger partial charge is 0.338 e. The molecule has 0 radical (unpaired) electrons. The summed E-state index contributed by atoms with van der Waals surface area (Å²) in [5, 5.41) is 8.96. The number of hydrogen-bond acceptors (Lipinski definition) is 3. The number of aliphatic carboxylic acids is 1. The second-order valence-electron chi connectivity index (χ2n) is 2.89. The minimum Gasteiger partial charge on any atom is -0.479 e. The molecular formula is C8H14O4. The molecule has 0 aromatic rings. The molecule has 1 rings (SSSR count). The van der Waals surface area contributed by atoms with Crippen LogP contribution in [0.25, 0.3) is 0 Å². The van der Waals surface area contributed by atoms with Crippen molar-refractivity contribution in [3.05, 3.63) is 0 Å². The monoisotopic (exact) mass is 174 g/mol. The quantitative estimate of drug-likeness (QED) is 0.682. The molecule has 1 N–H and O–H groups in total. The minimum atomic E-state index is -1.10. The van der Waals surface area contributed by atoms with Crippen LogP contribution < -0.4 is 0 Å². The fourth-order valence-corrected chi connectivity index (χ4v) is 1.51. The highest BCUT2D eigenvalue weighted by molar-refractivity contribution is 5.78. The van der Waals surface area contributed by atoms with E-state index >= 15 is 0 Å². The molecule has 4 nitrogen and oxygen atoms in total. The highest BCUT2D eigenvalue weighted by Crippen LogP contribution is 2.29. The molecule has 4 heteroatoms. The molecule has 1 aliphatic heterocycles. The summed E-state index contributed by atoms with van der Waals surface area (Å²) in [5.74, 6) is -0.922. The van der Waals surface area contributed by atoms with Crippen molar-refractivity contribution in [1.82, 2.24) is 0 Å². The average molecular weight is 174 g/mol. The third-order valence-electron chi connectivity index (χ3n) is 2.26. The Hall–Kier alpha value is -0.610. The lowest BCUT2D eigenvalue weighted by atomic mass is 9.96. The third-order valence-corrected chi connectivity index (χ3v) is 2.26. The van der Waals surface area contributed by atoms with Gasteiger partial charge in [-0.3, -0.25) is 0 Å². The molecule has 2 unspecified atom stereocenters. The predicted molar refractivity (Wildman–Crippen MR) is 42.0 cm³/mol. The molecule has 0 aromatic heterocycles. The second-order valence-corrected chi connectivity index (χ2v) is 2.89. The maximum absolute atomic E-state index is 10.9. The van der Waals surface area contributed by atoms with Crippen LogP contribution in [0.15, 0.2) is 0 Å². The first-order chi connectivity index (χ1) is 5.63. The number of carbonyl (C=O) groups is 1. The van der Waals surface area contributed by atoms with Crippen molar-refractivity contribution in [3.63, 3.8) is 0 Å². The molecule has 1 fully saturated rings. The lowest BCUT2D eigenvalue weighted by Gasteiger charge is -2.26. The fourth-order valence-electron chi connectivity index (χ4n) is 1.51. The van der Waals surface area contributed by atoms with Crippen molar-refractivity contribution in [3.8, 4) is 0 Å². The van der Waals surface area contributed by atoms with Gasteiger partial charge >= 0.3 is 5.97 Å². The van der Waals surface area contributed by atoms with Gasteiger partial charge in [0, 0.05) is 13.0 Å². The van der Waals surface area contributed by atoms with Crippen molar-refractivity contribution >= 4 is 5.97 Å². The van der Waals surface area contributed by atoms with Gasteiger partial charge in [0.15, 0.2) is 5.60 Å². The topological polar surface area (TPSA) is 55.8 Å². The Balaban J connectivity index is 2.77. The molecule has 0 aliphatic carbocycles. The molecular weight excluding hydrogens is 160 g/mol. The third kappa shape index (κ3) is 1.32. The normalized spacial score (nSPS) is 35.3. The Morgan fingerprint density at radius 3 is 2.83 bits per heavy atom. The van der Waals surface area contributed by atoms with E-state index in [1.807, 2.05) is 0 Å².